The highest BCUT2D eigenvalue weighted by Gasteiger charge is 2.20. The monoisotopic (exact) mass is 405 g/mol. The summed E-state index contributed by atoms with van der Waals surface area (Å²) in [6.07, 6.45) is 1.99. The third-order valence-corrected chi connectivity index (χ3v) is 6.55. The summed E-state index contributed by atoms with van der Waals surface area (Å²) in [6, 6.07) is 10.4. The maximum absolute atomic E-state index is 14.1. The molecule has 0 saturated carbocycles. The highest BCUT2D eigenvalue weighted by molar-refractivity contribution is 7.99. The molecule has 2 aromatic carbocycles. The first-order valence-electron chi connectivity index (χ1n) is 8.13. The molecule has 0 unspecified atom stereocenters. The van der Waals surface area contributed by atoms with E-state index >= 15 is 0 Å². The van der Waals surface area contributed by atoms with Gasteiger partial charge in [-0.15, -0.1) is 0 Å². The maximum Gasteiger partial charge on any atom is 0.264 e. The summed E-state index contributed by atoms with van der Waals surface area (Å²) in [5, 5.41) is 0.991. The Morgan fingerprint density at radius 3 is 2.67 bits per heavy atom. The van der Waals surface area contributed by atoms with Gasteiger partial charge in [-0.1, -0.05) is 23.9 Å². The molecule has 0 atom stereocenters. The van der Waals surface area contributed by atoms with Gasteiger partial charge in [0.05, 0.1) is 12.8 Å². The lowest BCUT2D eigenvalue weighted by atomic mass is 10.1. The number of nitrogens with one attached hydrogen (secondary N) is 1. The molecule has 0 spiro atoms. The highest BCUT2D eigenvalue weighted by atomic mass is 32.2. The van der Waals surface area contributed by atoms with Crippen LogP contribution in [0.4, 0.5) is 10.1 Å². The fourth-order valence-corrected chi connectivity index (χ4v) is 4.86. The quantitative estimate of drug-likeness (QED) is 0.702. The van der Waals surface area contributed by atoms with Gasteiger partial charge >= 0.3 is 0 Å². The number of halogens is 1. The summed E-state index contributed by atoms with van der Waals surface area (Å²) in [6.45, 7) is 0.943. The molecule has 0 saturated heterocycles. The molecule has 4 rings (SSSR count). The molecule has 27 heavy (non-hydrogen) atoms. The number of anilines is 1. The predicted molar refractivity (Wildman–Crippen MR) is 102 cm³/mol. The molecule has 0 fully saturated rings. The number of hydrogen-bond donors (Lipinski definition) is 1. The van der Waals surface area contributed by atoms with Crippen molar-refractivity contribution < 1.29 is 17.5 Å². The second-order valence-electron chi connectivity index (χ2n) is 5.93. The van der Waals surface area contributed by atoms with Crippen LogP contribution in [0.25, 0.3) is 11.3 Å². The molecule has 0 aliphatic carbocycles. The lowest BCUT2D eigenvalue weighted by molar-refractivity contribution is 0.410. The first-order valence-corrected chi connectivity index (χ1v) is 10.6. The van der Waals surface area contributed by atoms with Crippen LogP contribution in [0.1, 0.15) is 0 Å². The first kappa shape index (κ1) is 17.9. The second-order valence-corrected chi connectivity index (χ2v) is 8.64. The number of rotatable bonds is 5. The number of fused-ring (bicyclic) bond motifs is 1. The average molecular weight is 405 g/mol. The van der Waals surface area contributed by atoms with E-state index in [1.807, 2.05) is 6.20 Å². The Morgan fingerprint density at radius 1 is 1.22 bits per heavy atom. The van der Waals surface area contributed by atoms with Gasteiger partial charge in [-0.2, -0.15) is 0 Å². The van der Waals surface area contributed by atoms with Gasteiger partial charge < -0.3 is 9.30 Å². The summed E-state index contributed by atoms with van der Waals surface area (Å²) in [4.78, 5) is 4.13. The van der Waals surface area contributed by atoms with E-state index in [4.69, 9.17) is 4.74 Å². The molecule has 6 nitrogen and oxygen atoms in total. The lowest BCUT2D eigenvalue weighted by Gasteiger charge is -2.10. The molecule has 1 aromatic heterocycles. The Labute approximate surface area is 160 Å². The molecule has 0 amide bonds. The van der Waals surface area contributed by atoms with Gasteiger partial charge in [-0.25, -0.2) is 17.8 Å². The minimum atomic E-state index is -4.05. The maximum atomic E-state index is 14.1. The van der Waals surface area contributed by atoms with E-state index < -0.39 is 20.7 Å². The zero-order valence-corrected chi connectivity index (χ0v) is 16.0. The fourth-order valence-electron chi connectivity index (χ4n) is 2.79. The number of aromatic nitrogens is 2. The van der Waals surface area contributed by atoms with E-state index in [0.717, 1.165) is 34.8 Å². The largest absolute Gasteiger partial charge is 0.497 e. The molecule has 9 heteroatoms. The van der Waals surface area contributed by atoms with Gasteiger partial charge in [0, 0.05) is 35.8 Å². The molecule has 0 bridgehead atoms. The van der Waals surface area contributed by atoms with Crippen molar-refractivity contribution in [1.29, 1.82) is 0 Å². The number of thioether (sulfide) groups is 1. The Balaban J connectivity index is 1.55. The standard InChI is InChI=1S/C18H16FN3O3S2/c1-25-14-6-7-17(15(19)10-14)27(23,24)21-13-4-2-12(3-5-13)16-11-22-8-9-26-18(22)20-16/h2-7,10-11,21H,8-9H2,1H3. The zero-order chi connectivity index (χ0) is 19.0. The lowest BCUT2D eigenvalue weighted by Crippen LogP contribution is -2.14. The van der Waals surface area contributed by atoms with Crippen LogP contribution >= 0.6 is 11.8 Å². The van der Waals surface area contributed by atoms with E-state index in [9.17, 15) is 12.8 Å². The minimum absolute atomic E-state index is 0.251. The van der Waals surface area contributed by atoms with Crippen LogP contribution < -0.4 is 9.46 Å². The number of sulfonamides is 1. The zero-order valence-electron chi connectivity index (χ0n) is 14.3. The van der Waals surface area contributed by atoms with Crippen LogP contribution in [-0.2, 0) is 16.6 Å². The summed E-state index contributed by atoms with van der Waals surface area (Å²) >= 11 is 1.71. The molecular formula is C18H16FN3O3S2. The summed E-state index contributed by atoms with van der Waals surface area (Å²) in [7, 11) is -2.66. The minimum Gasteiger partial charge on any atom is -0.497 e. The third-order valence-electron chi connectivity index (χ3n) is 4.16. The molecule has 3 aromatic rings. The van der Waals surface area contributed by atoms with Crippen molar-refractivity contribution in [3.63, 3.8) is 0 Å². The average Bonchev–Trinajstić information content (AvgIpc) is 3.23. The first-order chi connectivity index (χ1) is 13.0. The van der Waals surface area contributed by atoms with Gasteiger partial charge in [-0.05, 0) is 24.3 Å². The number of methoxy groups -OCH3 is 1. The Hall–Kier alpha value is -2.52. The normalized spacial score (nSPS) is 13.4. The van der Waals surface area contributed by atoms with E-state index in [-0.39, 0.29) is 5.75 Å². The number of imidazole rings is 1. The molecule has 1 aliphatic rings. The Morgan fingerprint density at radius 2 is 2.00 bits per heavy atom. The van der Waals surface area contributed by atoms with Crippen LogP contribution in [-0.4, -0.2) is 30.8 Å². The van der Waals surface area contributed by atoms with Crippen LogP contribution in [0.3, 0.4) is 0 Å². The molecule has 140 valence electrons. The molecule has 1 N–H and O–H groups in total. The van der Waals surface area contributed by atoms with Crippen LogP contribution in [0, 0.1) is 5.82 Å². The van der Waals surface area contributed by atoms with Crippen LogP contribution in [0.15, 0.2) is 58.7 Å². The SMILES string of the molecule is COc1ccc(S(=O)(=O)Nc2ccc(-c3cn4c(n3)SCC4)cc2)c(F)c1. The van der Waals surface area contributed by atoms with Gasteiger partial charge in [-0.3, -0.25) is 4.72 Å². The van der Waals surface area contributed by atoms with E-state index in [1.54, 1.807) is 36.0 Å². The molecule has 0 radical (unpaired) electrons. The summed E-state index contributed by atoms with van der Waals surface area (Å²) in [5.74, 6) is 0.412. The van der Waals surface area contributed by atoms with Crippen molar-refractivity contribution in [3.8, 4) is 17.0 Å². The van der Waals surface area contributed by atoms with E-state index in [2.05, 4.69) is 14.3 Å². The van der Waals surface area contributed by atoms with Crippen molar-refractivity contribution in [3.05, 3.63) is 54.5 Å². The van der Waals surface area contributed by atoms with Gasteiger partial charge in [0.1, 0.15) is 16.5 Å². The highest BCUT2D eigenvalue weighted by Crippen LogP contribution is 2.30. The topological polar surface area (TPSA) is 73.2 Å². The summed E-state index contributed by atoms with van der Waals surface area (Å²) < 4.78 is 48.4. The summed E-state index contributed by atoms with van der Waals surface area (Å²) in [5.41, 5.74) is 2.07. The van der Waals surface area contributed by atoms with Crippen molar-refractivity contribution in [2.45, 2.75) is 16.6 Å². The van der Waals surface area contributed by atoms with Crippen LogP contribution in [0.2, 0.25) is 0 Å². The Kier molecular flexibility index (Phi) is 4.56. The number of ether oxygens (including phenoxy) is 1. The number of benzene rings is 2. The number of nitrogens with zero attached hydrogens (tertiary/aromatic N) is 2. The fraction of sp³-hybridized carbons (Fsp3) is 0.167. The van der Waals surface area contributed by atoms with Gasteiger partial charge in [0.15, 0.2) is 5.16 Å². The van der Waals surface area contributed by atoms with Crippen LogP contribution in [0.5, 0.6) is 5.75 Å². The van der Waals surface area contributed by atoms with Crippen molar-refractivity contribution >= 4 is 27.5 Å². The van der Waals surface area contributed by atoms with Crippen molar-refractivity contribution in [2.75, 3.05) is 17.6 Å². The van der Waals surface area contributed by atoms with E-state index in [0.29, 0.717) is 5.69 Å². The van der Waals surface area contributed by atoms with E-state index in [1.165, 1.54) is 19.2 Å². The third kappa shape index (κ3) is 3.52. The van der Waals surface area contributed by atoms with Crippen molar-refractivity contribution in [2.24, 2.45) is 0 Å². The predicted octanol–water partition coefficient (Wildman–Crippen LogP) is 3.60. The number of aryl methyl sites for hydroxylation is 1. The molecule has 1 aliphatic heterocycles. The molecular weight excluding hydrogens is 389 g/mol. The second kappa shape index (κ2) is 6.90. The van der Waals surface area contributed by atoms with Gasteiger partial charge in [0.2, 0.25) is 0 Å². The molecule has 2 heterocycles. The number of hydrogen-bond acceptors (Lipinski definition) is 5. The Bertz CT molecular complexity index is 1070. The van der Waals surface area contributed by atoms with Crippen molar-refractivity contribution in [1.82, 2.24) is 9.55 Å². The van der Waals surface area contributed by atoms with Gasteiger partial charge in [0.25, 0.3) is 10.0 Å². The smallest absolute Gasteiger partial charge is 0.264 e.